The predicted octanol–water partition coefficient (Wildman–Crippen LogP) is 3.09. The third-order valence-electron chi connectivity index (χ3n) is 4.35. The zero-order valence-electron chi connectivity index (χ0n) is 15.7. The molecule has 3 rings (SSSR count). The zero-order valence-corrected chi connectivity index (χ0v) is 17.3. The maximum atomic E-state index is 12.4. The minimum Gasteiger partial charge on any atom is -0.465 e. The molecule has 1 fully saturated rings. The number of hydrogen-bond acceptors (Lipinski definition) is 6. The maximum absolute atomic E-state index is 12.4. The topological polar surface area (TPSA) is 79.9 Å². The lowest BCUT2D eigenvalue weighted by Gasteiger charge is -2.31. The molecule has 2 N–H and O–H groups in total. The summed E-state index contributed by atoms with van der Waals surface area (Å²) in [4.78, 5) is 26.4. The Kier molecular flexibility index (Phi) is 7.03. The quantitative estimate of drug-likeness (QED) is 0.566. The molecule has 9 heteroatoms. The normalized spacial score (nSPS) is 13.5. The van der Waals surface area contributed by atoms with Crippen LogP contribution in [0.1, 0.15) is 20.7 Å². The van der Waals surface area contributed by atoms with E-state index < -0.39 is 5.97 Å². The molecule has 1 amide bonds. The number of amides is 1. The first-order valence-electron chi connectivity index (χ1n) is 8.91. The minimum absolute atomic E-state index is 0.112. The molecule has 1 aliphatic rings. The summed E-state index contributed by atoms with van der Waals surface area (Å²) in [6.45, 7) is 2.62. The fourth-order valence-electron chi connectivity index (χ4n) is 2.89. The van der Waals surface area contributed by atoms with Gasteiger partial charge in [0.25, 0.3) is 5.91 Å². The Labute approximate surface area is 178 Å². The lowest BCUT2D eigenvalue weighted by Crippen LogP contribution is -2.38. The van der Waals surface area contributed by atoms with Crippen LogP contribution in [0.4, 0.5) is 11.4 Å². The van der Waals surface area contributed by atoms with E-state index in [2.05, 4.69) is 15.5 Å². The Bertz CT molecular complexity index is 914. The highest BCUT2D eigenvalue weighted by atomic mass is 35.5. The van der Waals surface area contributed by atoms with E-state index in [4.69, 9.17) is 33.3 Å². The molecule has 0 aliphatic carbocycles. The van der Waals surface area contributed by atoms with Crippen molar-refractivity contribution in [3.05, 3.63) is 58.6 Å². The molecule has 0 bridgehead atoms. The molecule has 1 saturated heterocycles. The number of carbonyl (C=O) groups excluding carboxylic acids is 2. The molecule has 0 spiro atoms. The van der Waals surface area contributed by atoms with Crippen molar-refractivity contribution < 1.29 is 19.1 Å². The number of thiocarbonyl (C=S) groups is 1. The summed E-state index contributed by atoms with van der Waals surface area (Å²) in [6.07, 6.45) is 0. The number of halogens is 1. The Hall–Kier alpha value is -2.68. The Morgan fingerprint density at radius 3 is 2.41 bits per heavy atom. The van der Waals surface area contributed by atoms with Crippen LogP contribution in [-0.4, -0.2) is 50.4 Å². The van der Waals surface area contributed by atoms with Gasteiger partial charge in [-0.3, -0.25) is 10.1 Å². The average Bonchev–Trinajstić information content (AvgIpc) is 2.74. The first kappa shape index (κ1) is 21.0. The average molecular weight is 434 g/mol. The van der Waals surface area contributed by atoms with E-state index in [1.165, 1.54) is 7.11 Å². The van der Waals surface area contributed by atoms with Gasteiger partial charge in [0, 0.05) is 23.7 Å². The monoisotopic (exact) mass is 433 g/mol. The van der Waals surface area contributed by atoms with Crippen molar-refractivity contribution in [1.29, 1.82) is 0 Å². The molecule has 7 nitrogen and oxygen atoms in total. The van der Waals surface area contributed by atoms with Crippen LogP contribution in [0.3, 0.4) is 0 Å². The lowest BCUT2D eigenvalue weighted by atomic mass is 10.1. The van der Waals surface area contributed by atoms with Crippen LogP contribution in [0, 0.1) is 0 Å². The van der Waals surface area contributed by atoms with E-state index in [0.29, 0.717) is 48.1 Å². The second-order valence-corrected chi connectivity index (χ2v) is 7.08. The second kappa shape index (κ2) is 9.69. The number of anilines is 2. The van der Waals surface area contributed by atoms with Gasteiger partial charge in [-0.2, -0.15) is 0 Å². The molecule has 0 saturated carbocycles. The van der Waals surface area contributed by atoms with E-state index in [1.54, 1.807) is 36.4 Å². The van der Waals surface area contributed by atoms with Gasteiger partial charge >= 0.3 is 5.97 Å². The van der Waals surface area contributed by atoms with Crippen molar-refractivity contribution in [3.63, 3.8) is 0 Å². The third-order valence-corrected chi connectivity index (χ3v) is 4.81. The number of benzene rings is 2. The molecule has 29 heavy (non-hydrogen) atoms. The van der Waals surface area contributed by atoms with Gasteiger partial charge in [0.05, 0.1) is 37.3 Å². The molecule has 0 atom stereocenters. The number of morpholine rings is 1. The molecule has 1 heterocycles. The van der Waals surface area contributed by atoms with Crippen molar-refractivity contribution >= 4 is 52.2 Å². The number of methoxy groups -OCH3 is 1. The van der Waals surface area contributed by atoms with Crippen molar-refractivity contribution in [2.45, 2.75) is 0 Å². The standard InChI is InChI=1S/C20H20ClN3O4S/c1-27-19(26)14-4-7-17(24-8-10-28-11-9-24)16(12-14)22-20(29)23-18(25)13-2-5-15(21)6-3-13/h2-7,12H,8-11H2,1H3,(H2,22,23,25,29). The summed E-state index contributed by atoms with van der Waals surface area (Å²) in [7, 11) is 1.32. The molecular formula is C20H20ClN3O4S. The summed E-state index contributed by atoms with van der Waals surface area (Å²) in [5, 5.41) is 6.31. The van der Waals surface area contributed by atoms with E-state index in [1.807, 2.05) is 6.07 Å². The minimum atomic E-state index is -0.460. The molecule has 0 aromatic heterocycles. The molecule has 1 aliphatic heterocycles. The number of carbonyl (C=O) groups is 2. The number of nitrogens with one attached hydrogen (secondary N) is 2. The van der Waals surface area contributed by atoms with Crippen LogP contribution in [0.5, 0.6) is 0 Å². The summed E-state index contributed by atoms with van der Waals surface area (Å²) in [6, 6.07) is 11.6. The maximum Gasteiger partial charge on any atom is 0.337 e. The molecular weight excluding hydrogens is 414 g/mol. The van der Waals surface area contributed by atoms with Crippen LogP contribution < -0.4 is 15.5 Å². The van der Waals surface area contributed by atoms with Gasteiger partial charge in [0.1, 0.15) is 0 Å². The van der Waals surface area contributed by atoms with Gasteiger partial charge in [0.15, 0.2) is 5.11 Å². The smallest absolute Gasteiger partial charge is 0.337 e. The van der Waals surface area contributed by atoms with E-state index in [0.717, 1.165) is 5.69 Å². The first-order chi connectivity index (χ1) is 14.0. The largest absolute Gasteiger partial charge is 0.465 e. The van der Waals surface area contributed by atoms with Crippen molar-refractivity contribution in [1.82, 2.24) is 5.32 Å². The summed E-state index contributed by atoms with van der Waals surface area (Å²) in [5.74, 6) is -0.825. The van der Waals surface area contributed by atoms with Gasteiger partial charge in [-0.15, -0.1) is 0 Å². The van der Waals surface area contributed by atoms with Gasteiger partial charge in [-0.25, -0.2) is 4.79 Å². The number of nitrogens with zero attached hydrogens (tertiary/aromatic N) is 1. The molecule has 2 aromatic rings. The SMILES string of the molecule is COC(=O)c1ccc(N2CCOCC2)c(NC(=S)NC(=O)c2ccc(Cl)cc2)c1. The molecule has 0 unspecified atom stereocenters. The second-order valence-electron chi connectivity index (χ2n) is 6.24. The van der Waals surface area contributed by atoms with Crippen LogP contribution in [0.2, 0.25) is 5.02 Å². The van der Waals surface area contributed by atoms with E-state index >= 15 is 0 Å². The van der Waals surface area contributed by atoms with Gasteiger partial charge in [0.2, 0.25) is 0 Å². The fourth-order valence-corrected chi connectivity index (χ4v) is 3.22. The van der Waals surface area contributed by atoms with Crippen LogP contribution >= 0.6 is 23.8 Å². The van der Waals surface area contributed by atoms with E-state index in [9.17, 15) is 9.59 Å². The number of esters is 1. The fraction of sp³-hybridized carbons (Fsp3) is 0.250. The van der Waals surface area contributed by atoms with E-state index in [-0.39, 0.29) is 11.0 Å². The Morgan fingerprint density at radius 1 is 1.10 bits per heavy atom. The van der Waals surface area contributed by atoms with Crippen LogP contribution in [0.15, 0.2) is 42.5 Å². The lowest BCUT2D eigenvalue weighted by molar-refractivity contribution is 0.0600. The molecule has 152 valence electrons. The first-order valence-corrected chi connectivity index (χ1v) is 9.69. The highest BCUT2D eigenvalue weighted by molar-refractivity contribution is 7.80. The highest BCUT2D eigenvalue weighted by Crippen LogP contribution is 2.28. The van der Waals surface area contributed by atoms with Crippen molar-refractivity contribution in [2.24, 2.45) is 0 Å². The Morgan fingerprint density at radius 2 is 1.76 bits per heavy atom. The highest BCUT2D eigenvalue weighted by Gasteiger charge is 2.18. The number of hydrogen-bond donors (Lipinski definition) is 2. The third kappa shape index (κ3) is 5.44. The van der Waals surface area contributed by atoms with Gasteiger partial charge < -0.3 is 19.7 Å². The van der Waals surface area contributed by atoms with Gasteiger partial charge in [-0.1, -0.05) is 11.6 Å². The summed E-state index contributed by atoms with van der Waals surface area (Å²) in [5.41, 5.74) is 2.24. The molecule has 0 radical (unpaired) electrons. The molecule has 2 aromatic carbocycles. The van der Waals surface area contributed by atoms with Gasteiger partial charge in [-0.05, 0) is 54.7 Å². The predicted molar refractivity (Wildman–Crippen MR) is 116 cm³/mol. The summed E-state index contributed by atoms with van der Waals surface area (Å²) < 4.78 is 10.2. The van der Waals surface area contributed by atoms with Crippen LogP contribution in [0.25, 0.3) is 0 Å². The Balaban J connectivity index is 1.79. The number of rotatable bonds is 4. The number of ether oxygens (including phenoxy) is 2. The van der Waals surface area contributed by atoms with Crippen LogP contribution in [-0.2, 0) is 9.47 Å². The van der Waals surface area contributed by atoms with Crippen molar-refractivity contribution in [2.75, 3.05) is 43.6 Å². The summed E-state index contributed by atoms with van der Waals surface area (Å²) >= 11 is 11.2. The zero-order chi connectivity index (χ0) is 20.8. The van der Waals surface area contributed by atoms with Crippen molar-refractivity contribution in [3.8, 4) is 0 Å².